The van der Waals surface area contributed by atoms with Crippen molar-refractivity contribution in [2.45, 2.75) is 19.4 Å². The largest absolute Gasteiger partial charge is 0.394 e. The van der Waals surface area contributed by atoms with Crippen molar-refractivity contribution in [2.24, 2.45) is 5.73 Å². The number of hydrogen-bond acceptors (Lipinski definition) is 2. The number of H-pyrrole nitrogens is 1. The van der Waals surface area contributed by atoms with E-state index in [0.717, 1.165) is 22.9 Å². The first-order valence-corrected chi connectivity index (χ1v) is 5.23. The molecule has 3 nitrogen and oxygen atoms in total. The lowest BCUT2D eigenvalue weighted by atomic mass is 10.0. The van der Waals surface area contributed by atoms with Gasteiger partial charge in [-0.15, -0.1) is 0 Å². The standard InChI is InChI=1S/C12H16N2O/c1-2-8-4-3-5-9-10(11(13)7-15)6-14-12(8)9/h3-6,11,14-15H,2,7,13H2,1H3. The summed E-state index contributed by atoms with van der Waals surface area (Å²) in [5.74, 6) is 0. The minimum atomic E-state index is -0.300. The number of aryl methyl sites for hydroxylation is 1. The van der Waals surface area contributed by atoms with Crippen LogP contribution in [0.25, 0.3) is 10.9 Å². The van der Waals surface area contributed by atoms with Crippen LogP contribution in [0.15, 0.2) is 24.4 Å². The monoisotopic (exact) mass is 204 g/mol. The third kappa shape index (κ3) is 1.64. The van der Waals surface area contributed by atoms with E-state index < -0.39 is 0 Å². The van der Waals surface area contributed by atoms with Gasteiger partial charge in [0.25, 0.3) is 0 Å². The van der Waals surface area contributed by atoms with Crippen molar-refractivity contribution in [2.75, 3.05) is 6.61 Å². The molecule has 0 saturated carbocycles. The van der Waals surface area contributed by atoms with Crippen molar-refractivity contribution >= 4 is 10.9 Å². The molecule has 0 aliphatic carbocycles. The molecule has 0 aliphatic rings. The summed E-state index contributed by atoms with van der Waals surface area (Å²) in [5.41, 5.74) is 9.23. The normalized spacial score (nSPS) is 13.3. The minimum absolute atomic E-state index is 0.0245. The fourth-order valence-electron chi connectivity index (χ4n) is 1.94. The van der Waals surface area contributed by atoms with E-state index in [-0.39, 0.29) is 12.6 Å². The average Bonchev–Trinajstić information content (AvgIpc) is 2.71. The van der Waals surface area contributed by atoms with Crippen LogP contribution in [-0.2, 0) is 6.42 Å². The molecule has 1 atom stereocenters. The van der Waals surface area contributed by atoms with Crippen LogP contribution in [0.5, 0.6) is 0 Å². The van der Waals surface area contributed by atoms with Gasteiger partial charge in [0.05, 0.1) is 12.6 Å². The number of aromatic nitrogens is 1. The number of hydrogen-bond donors (Lipinski definition) is 3. The van der Waals surface area contributed by atoms with Gasteiger partial charge in [0.2, 0.25) is 0 Å². The van der Waals surface area contributed by atoms with Crippen LogP contribution in [0.1, 0.15) is 24.1 Å². The highest BCUT2D eigenvalue weighted by Gasteiger charge is 2.11. The van der Waals surface area contributed by atoms with Crippen molar-refractivity contribution in [3.05, 3.63) is 35.5 Å². The molecule has 3 heteroatoms. The first-order chi connectivity index (χ1) is 7.27. The number of nitrogens with one attached hydrogen (secondary N) is 1. The Bertz CT molecular complexity index is 462. The molecule has 80 valence electrons. The Kier molecular flexibility index (Phi) is 2.75. The Hall–Kier alpha value is -1.32. The molecule has 2 rings (SSSR count). The second-order valence-corrected chi connectivity index (χ2v) is 3.73. The van der Waals surface area contributed by atoms with Crippen molar-refractivity contribution in [3.63, 3.8) is 0 Å². The number of para-hydroxylation sites is 1. The highest BCUT2D eigenvalue weighted by molar-refractivity contribution is 5.86. The fraction of sp³-hybridized carbons (Fsp3) is 0.333. The number of fused-ring (bicyclic) bond motifs is 1. The summed E-state index contributed by atoms with van der Waals surface area (Å²) in [6.07, 6.45) is 2.89. The van der Waals surface area contributed by atoms with Gasteiger partial charge in [-0.05, 0) is 17.5 Å². The first kappa shape index (κ1) is 10.2. The number of aromatic amines is 1. The molecule has 0 spiro atoms. The number of aliphatic hydroxyl groups is 1. The molecule has 2 aromatic rings. The lowest BCUT2D eigenvalue weighted by molar-refractivity contribution is 0.268. The van der Waals surface area contributed by atoms with Gasteiger partial charge in [0.15, 0.2) is 0 Å². The topological polar surface area (TPSA) is 62.0 Å². The van der Waals surface area contributed by atoms with E-state index in [1.807, 2.05) is 18.3 Å². The fourth-order valence-corrected chi connectivity index (χ4v) is 1.94. The Morgan fingerprint density at radius 2 is 2.27 bits per heavy atom. The summed E-state index contributed by atoms with van der Waals surface area (Å²) in [5, 5.41) is 10.2. The van der Waals surface area contributed by atoms with Gasteiger partial charge in [-0.3, -0.25) is 0 Å². The number of benzene rings is 1. The van der Waals surface area contributed by atoms with Crippen LogP contribution in [0.3, 0.4) is 0 Å². The lowest BCUT2D eigenvalue weighted by Crippen LogP contribution is -2.13. The van der Waals surface area contributed by atoms with Crippen LogP contribution in [-0.4, -0.2) is 16.7 Å². The maximum Gasteiger partial charge on any atom is 0.0625 e. The summed E-state index contributed by atoms with van der Waals surface area (Å²) in [4.78, 5) is 3.23. The van der Waals surface area contributed by atoms with Crippen LogP contribution >= 0.6 is 0 Å². The average molecular weight is 204 g/mol. The molecular formula is C12H16N2O. The minimum Gasteiger partial charge on any atom is -0.394 e. The Balaban J connectivity index is 2.60. The second kappa shape index (κ2) is 4.04. The van der Waals surface area contributed by atoms with Gasteiger partial charge in [0, 0.05) is 17.1 Å². The van der Waals surface area contributed by atoms with Gasteiger partial charge in [-0.1, -0.05) is 25.1 Å². The maximum absolute atomic E-state index is 9.05. The van der Waals surface area contributed by atoms with Gasteiger partial charge >= 0.3 is 0 Å². The maximum atomic E-state index is 9.05. The van der Waals surface area contributed by atoms with Gasteiger partial charge in [-0.25, -0.2) is 0 Å². The number of nitrogens with two attached hydrogens (primary N) is 1. The smallest absolute Gasteiger partial charge is 0.0625 e. The third-order valence-electron chi connectivity index (χ3n) is 2.81. The van der Waals surface area contributed by atoms with Crippen molar-refractivity contribution in [1.29, 1.82) is 0 Å². The molecule has 1 aromatic carbocycles. The zero-order valence-corrected chi connectivity index (χ0v) is 8.83. The van der Waals surface area contributed by atoms with E-state index in [9.17, 15) is 0 Å². The molecule has 0 aliphatic heterocycles. The zero-order valence-electron chi connectivity index (χ0n) is 8.83. The molecule has 4 N–H and O–H groups in total. The quantitative estimate of drug-likeness (QED) is 0.713. The predicted octanol–water partition coefficient (Wildman–Crippen LogP) is 1.72. The van der Waals surface area contributed by atoms with Gasteiger partial charge in [0.1, 0.15) is 0 Å². The summed E-state index contributed by atoms with van der Waals surface area (Å²) >= 11 is 0. The highest BCUT2D eigenvalue weighted by Crippen LogP contribution is 2.25. The van der Waals surface area contributed by atoms with Crippen LogP contribution in [0.2, 0.25) is 0 Å². The van der Waals surface area contributed by atoms with Crippen LogP contribution in [0.4, 0.5) is 0 Å². The molecule has 0 fully saturated rings. The predicted molar refractivity (Wildman–Crippen MR) is 61.7 cm³/mol. The van der Waals surface area contributed by atoms with Crippen molar-refractivity contribution in [1.82, 2.24) is 4.98 Å². The summed E-state index contributed by atoms with van der Waals surface area (Å²) in [6.45, 7) is 2.10. The summed E-state index contributed by atoms with van der Waals surface area (Å²) < 4.78 is 0. The molecule has 0 radical (unpaired) electrons. The van der Waals surface area contributed by atoms with E-state index in [4.69, 9.17) is 10.8 Å². The lowest BCUT2D eigenvalue weighted by Gasteiger charge is -2.06. The molecule has 15 heavy (non-hydrogen) atoms. The molecule has 0 saturated heterocycles. The molecule has 1 unspecified atom stereocenters. The Labute approximate surface area is 88.9 Å². The Morgan fingerprint density at radius 1 is 1.47 bits per heavy atom. The van der Waals surface area contributed by atoms with Crippen molar-refractivity contribution < 1.29 is 5.11 Å². The summed E-state index contributed by atoms with van der Waals surface area (Å²) in [6, 6.07) is 5.87. The molecular weight excluding hydrogens is 188 g/mol. The number of aliphatic hydroxyl groups excluding tert-OH is 1. The summed E-state index contributed by atoms with van der Waals surface area (Å²) in [7, 11) is 0. The van der Waals surface area contributed by atoms with E-state index in [2.05, 4.69) is 18.0 Å². The third-order valence-corrected chi connectivity index (χ3v) is 2.81. The Morgan fingerprint density at radius 3 is 2.93 bits per heavy atom. The van der Waals surface area contributed by atoms with E-state index >= 15 is 0 Å². The van der Waals surface area contributed by atoms with E-state index in [0.29, 0.717) is 0 Å². The SMILES string of the molecule is CCc1cccc2c(C(N)CO)c[nH]c12. The van der Waals surface area contributed by atoms with Crippen LogP contribution < -0.4 is 5.73 Å². The van der Waals surface area contributed by atoms with Crippen molar-refractivity contribution in [3.8, 4) is 0 Å². The molecule has 0 bridgehead atoms. The van der Waals surface area contributed by atoms with E-state index in [1.165, 1.54) is 5.56 Å². The molecule has 1 aromatic heterocycles. The first-order valence-electron chi connectivity index (χ1n) is 5.23. The van der Waals surface area contributed by atoms with E-state index in [1.54, 1.807) is 0 Å². The second-order valence-electron chi connectivity index (χ2n) is 3.73. The zero-order chi connectivity index (χ0) is 10.8. The number of rotatable bonds is 3. The molecule has 1 heterocycles. The molecule has 0 amide bonds. The highest BCUT2D eigenvalue weighted by atomic mass is 16.3. The van der Waals surface area contributed by atoms with Gasteiger partial charge < -0.3 is 15.8 Å². The van der Waals surface area contributed by atoms with Gasteiger partial charge in [-0.2, -0.15) is 0 Å². The van der Waals surface area contributed by atoms with Crippen LogP contribution in [0, 0.1) is 0 Å².